The molecule has 0 saturated heterocycles. The number of ether oxygens (including phenoxy) is 1. The predicted octanol–water partition coefficient (Wildman–Crippen LogP) is -0.320. The van der Waals surface area contributed by atoms with Crippen molar-refractivity contribution in [3.05, 3.63) is 45.9 Å². The maximum absolute atomic E-state index is 12.7. The Morgan fingerprint density at radius 3 is 2.67 bits per heavy atom. The van der Waals surface area contributed by atoms with E-state index in [4.69, 9.17) is 16.3 Å². The molecule has 132 valence electrons. The quantitative estimate of drug-likeness (QED) is 0.358. The third-order valence-electron chi connectivity index (χ3n) is 3.36. The van der Waals surface area contributed by atoms with Crippen LogP contribution in [0.5, 0.6) is 5.75 Å². The second-order valence-electron chi connectivity index (χ2n) is 5.05. The van der Waals surface area contributed by atoms with Crippen molar-refractivity contribution < 1.29 is 33.2 Å². The van der Waals surface area contributed by atoms with Gasteiger partial charge in [0, 0.05) is 28.0 Å². The molecule has 11 heteroatoms. The minimum absolute atomic E-state index is 0. The van der Waals surface area contributed by atoms with Gasteiger partial charge in [-0.2, -0.15) is 5.10 Å². The minimum atomic E-state index is -0.462. The standard InChI is InChI=1S/C16H11ClN5O3S.Li/c1-8-3-9(10-4-13(17)19-6-12(10)25-2)11(5-18-8)15(24)20-16-22-21-14(7-23)26-16;/h3-6H,1-2H3,(H,20,22,24);/q-1;+1. The van der Waals surface area contributed by atoms with Crippen molar-refractivity contribution in [3.8, 4) is 16.9 Å². The Bertz CT molecular complexity index is 998. The van der Waals surface area contributed by atoms with E-state index < -0.39 is 5.91 Å². The van der Waals surface area contributed by atoms with Crippen LogP contribution in [0.15, 0.2) is 24.5 Å². The van der Waals surface area contributed by atoms with Crippen LogP contribution < -0.4 is 28.9 Å². The van der Waals surface area contributed by atoms with Crippen LogP contribution in [0.2, 0.25) is 5.15 Å². The van der Waals surface area contributed by atoms with E-state index in [9.17, 15) is 9.59 Å². The summed E-state index contributed by atoms with van der Waals surface area (Å²) in [5.74, 6) is -0.00102. The predicted molar refractivity (Wildman–Crippen MR) is 96.4 cm³/mol. The van der Waals surface area contributed by atoms with Crippen LogP contribution in [0.1, 0.15) is 21.1 Å². The number of amides is 1. The fourth-order valence-corrected chi connectivity index (χ4v) is 2.92. The van der Waals surface area contributed by atoms with Crippen LogP contribution in [0.3, 0.4) is 0 Å². The fourth-order valence-electron chi connectivity index (χ4n) is 2.23. The zero-order valence-electron chi connectivity index (χ0n) is 14.6. The Kier molecular flexibility index (Phi) is 7.04. The zero-order chi connectivity index (χ0) is 18.7. The van der Waals surface area contributed by atoms with Crippen molar-refractivity contribution in [2.45, 2.75) is 6.92 Å². The molecule has 1 amide bonds. The number of nitrogens with zero attached hydrogens (tertiary/aromatic N) is 4. The molecule has 27 heavy (non-hydrogen) atoms. The van der Waals surface area contributed by atoms with E-state index in [1.165, 1.54) is 19.5 Å². The molecule has 0 bridgehead atoms. The van der Waals surface area contributed by atoms with Crippen molar-refractivity contribution in [2.75, 3.05) is 12.4 Å². The second kappa shape index (κ2) is 9.06. The summed E-state index contributed by atoms with van der Waals surface area (Å²) in [6.07, 6.45) is 4.54. The number of aromatic nitrogens is 4. The number of carbonyl (C=O) groups is 1. The molecule has 0 unspecified atom stereocenters. The third-order valence-corrected chi connectivity index (χ3v) is 4.30. The summed E-state index contributed by atoms with van der Waals surface area (Å²) in [5, 5.41) is 10.4. The number of halogens is 1. The number of anilines is 1. The van der Waals surface area contributed by atoms with Gasteiger partial charge in [0.15, 0.2) is 0 Å². The molecule has 0 radical (unpaired) electrons. The fraction of sp³-hybridized carbons (Fsp3) is 0.125. The maximum atomic E-state index is 12.7. The first kappa shape index (κ1) is 21.0. The Hall–Kier alpha value is -2.31. The van der Waals surface area contributed by atoms with Crippen molar-refractivity contribution in [3.63, 3.8) is 0 Å². The van der Waals surface area contributed by atoms with Crippen LogP contribution in [-0.4, -0.2) is 39.5 Å². The topological polar surface area (TPSA) is 107 Å². The molecule has 3 heterocycles. The summed E-state index contributed by atoms with van der Waals surface area (Å²) in [6, 6.07) is 3.35. The first-order valence-electron chi connectivity index (χ1n) is 7.21. The molecule has 3 aromatic rings. The average Bonchev–Trinajstić information content (AvgIpc) is 3.09. The number of rotatable bonds is 5. The number of nitrogens with one attached hydrogen (secondary N) is 1. The number of carbonyl (C=O) groups excluding carboxylic acids is 2. The average molecular weight is 396 g/mol. The molecule has 0 fully saturated rings. The van der Waals surface area contributed by atoms with E-state index in [1.807, 2.05) is 0 Å². The molecular formula is C16H11ClLiN5O3S. The van der Waals surface area contributed by atoms with E-state index in [0.29, 0.717) is 22.6 Å². The van der Waals surface area contributed by atoms with Crippen molar-refractivity contribution in [1.29, 1.82) is 0 Å². The van der Waals surface area contributed by atoms with E-state index in [1.54, 1.807) is 25.3 Å². The summed E-state index contributed by atoms with van der Waals surface area (Å²) in [6.45, 7) is 1.80. The molecule has 3 aromatic heterocycles. The largest absolute Gasteiger partial charge is 1.00 e. The summed E-state index contributed by atoms with van der Waals surface area (Å²) in [7, 11) is 1.50. The molecule has 0 atom stereocenters. The van der Waals surface area contributed by atoms with E-state index >= 15 is 0 Å². The van der Waals surface area contributed by atoms with Crippen LogP contribution in [-0.2, 0) is 4.79 Å². The van der Waals surface area contributed by atoms with Gasteiger partial charge < -0.3 is 9.53 Å². The molecule has 0 aromatic carbocycles. The number of hydrogen-bond donors (Lipinski definition) is 1. The number of hydrogen-bond acceptors (Lipinski definition) is 8. The van der Waals surface area contributed by atoms with Gasteiger partial charge in [0.2, 0.25) is 5.13 Å². The molecule has 3 rings (SSSR count). The van der Waals surface area contributed by atoms with Gasteiger partial charge in [-0.15, -0.1) is 16.4 Å². The van der Waals surface area contributed by atoms with Crippen LogP contribution in [0.4, 0.5) is 5.13 Å². The third kappa shape index (κ3) is 4.70. The minimum Gasteiger partial charge on any atom is -0.535 e. The molecule has 0 aliphatic carbocycles. The molecule has 0 aliphatic rings. The summed E-state index contributed by atoms with van der Waals surface area (Å²) < 4.78 is 5.33. The molecule has 8 nitrogen and oxygen atoms in total. The Morgan fingerprint density at radius 2 is 2.00 bits per heavy atom. The van der Waals surface area contributed by atoms with Crippen molar-refractivity contribution >= 4 is 40.3 Å². The van der Waals surface area contributed by atoms with Crippen molar-refractivity contribution in [2.24, 2.45) is 0 Å². The normalized spacial score (nSPS) is 10.0. The van der Waals surface area contributed by atoms with Gasteiger partial charge in [-0.1, -0.05) is 11.6 Å². The van der Waals surface area contributed by atoms with Crippen molar-refractivity contribution in [1.82, 2.24) is 20.2 Å². The number of aryl methyl sites for hydroxylation is 1. The second-order valence-corrected chi connectivity index (χ2v) is 6.41. The monoisotopic (exact) mass is 395 g/mol. The molecule has 0 saturated carbocycles. The van der Waals surface area contributed by atoms with Crippen LogP contribution in [0.25, 0.3) is 11.1 Å². The Balaban J connectivity index is 0.00000261. The summed E-state index contributed by atoms with van der Waals surface area (Å²) >= 11 is 6.92. The molecular weight excluding hydrogens is 385 g/mol. The van der Waals surface area contributed by atoms with Gasteiger partial charge in [0.1, 0.15) is 10.9 Å². The summed E-state index contributed by atoms with van der Waals surface area (Å²) in [5.41, 5.74) is 2.16. The maximum Gasteiger partial charge on any atom is 1.00 e. The summed E-state index contributed by atoms with van der Waals surface area (Å²) in [4.78, 5) is 31.5. The van der Waals surface area contributed by atoms with Gasteiger partial charge in [-0.25, -0.2) is 11.3 Å². The SMILES string of the molecule is COc1cnc(Cl)cc1-c1cc(C)ncc1C(=O)Nc1nnc([C-]=O)s1.[Li+]. The zero-order valence-corrected chi connectivity index (χ0v) is 16.2. The van der Waals surface area contributed by atoms with E-state index in [0.717, 1.165) is 11.3 Å². The Morgan fingerprint density at radius 1 is 1.22 bits per heavy atom. The van der Waals surface area contributed by atoms with E-state index in [2.05, 4.69) is 25.5 Å². The first-order valence-corrected chi connectivity index (χ1v) is 8.41. The number of methoxy groups -OCH3 is 1. The smallest absolute Gasteiger partial charge is 0.535 e. The number of pyridine rings is 2. The molecule has 1 N–H and O–H groups in total. The Labute approximate surface area is 175 Å². The van der Waals surface area contributed by atoms with Gasteiger partial charge in [0.05, 0.1) is 18.9 Å². The van der Waals surface area contributed by atoms with Gasteiger partial charge in [0.25, 0.3) is 5.91 Å². The van der Waals surface area contributed by atoms with E-state index in [-0.39, 0.29) is 39.7 Å². The van der Waals surface area contributed by atoms with Gasteiger partial charge in [-0.05, 0) is 19.1 Å². The van der Waals surface area contributed by atoms with Gasteiger partial charge in [-0.3, -0.25) is 15.1 Å². The van der Waals surface area contributed by atoms with Gasteiger partial charge >= 0.3 is 18.9 Å². The molecule has 0 aliphatic heterocycles. The van der Waals surface area contributed by atoms with Crippen LogP contribution in [0, 0.1) is 6.92 Å². The first-order chi connectivity index (χ1) is 12.5. The van der Waals surface area contributed by atoms with Crippen LogP contribution >= 0.6 is 22.9 Å². The molecule has 0 spiro atoms.